The van der Waals surface area contributed by atoms with E-state index in [1.807, 2.05) is 24.3 Å². The highest BCUT2D eigenvalue weighted by Crippen LogP contribution is 2.31. The van der Waals surface area contributed by atoms with Crippen LogP contribution in [0.5, 0.6) is 11.5 Å². The summed E-state index contributed by atoms with van der Waals surface area (Å²) in [5.41, 5.74) is 1.51. The average Bonchev–Trinajstić information content (AvgIpc) is 3.30. The molecule has 162 valence electrons. The monoisotopic (exact) mass is 486 g/mol. The Labute approximate surface area is 188 Å². The van der Waals surface area contributed by atoms with Gasteiger partial charge in [-0.05, 0) is 49.2 Å². The third kappa shape index (κ3) is 4.82. The third-order valence-corrected chi connectivity index (χ3v) is 5.85. The Morgan fingerprint density at radius 2 is 1.87 bits per heavy atom. The number of amides is 2. The first kappa shape index (κ1) is 21.2. The van der Waals surface area contributed by atoms with E-state index in [1.54, 1.807) is 37.3 Å². The SMILES string of the molecule is COc1ccc(NC(=O)N2CCC(c3nc(-c4ccc(Br)cc4)no3)CC2)c(OC)c1. The van der Waals surface area contributed by atoms with Gasteiger partial charge in [-0.3, -0.25) is 0 Å². The number of rotatable bonds is 5. The lowest BCUT2D eigenvalue weighted by atomic mass is 9.97. The van der Waals surface area contributed by atoms with Gasteiger partial charge >= 0.3 is 6.03 Å². The number of ether oxygens (including phenoxy) is 2. The molecule has 0 radical (unpaired) electrons. The molecule has 3 aromatic rings. The molecule has 0 aliphatic carbocycles. The topological polar surface area (TPSA) is 89.7 Å². The van der Waals surface area contributed by atoms with E-state index in [2.05, 4.69) is 31.4 Å². The quantitative estimate of drug-likeness (QED) is 0.549. The van der Waals surface area contributed by atoms with Crippen LogP contribution in [0.3, 0.4) is 0 Å². The van der Waals surface area contributed by atoms with Crippen molar-refractivity contribution in [1.29, 1.82) is 0 Å². The molecule has 4 rings (SSSR count). The number of hydrogen-bond donors (Lipinski definition) is 1. The normalized spacial score (nSPS) is 14.4. The molecule has 1 N–H and O–H groups in total. The zero-order valence-electron chi connectivity index (χ0n) is 17.3. The molecule has 0 saturated carbocycles. The van der Waals surface area contributed by atoms with E-state index in [0.29, 0.717) is 42.0 Å². The van der Waals surface area contributed by atoms with E-state index in [0.717, 1.165) is 22.9 Å². The number of anilines is 1. The van der Waals surface area contributed by atoms with Crippen molar-refractivity contribution < 1.29 is 18.8 Å². The first-order valence-electron chi connectivity index (χ1n) is 9.95. The number of hydrogen-bond acceptors (Lipinski definition) is 6. The highest BCUT2D eigenvalue weighted by atomic mass is 79.9. The van der Waals surface area contributed by atoms with Gasteiger partial charge in [0.25, 0.3) is 0 Å². The second-order valence-corrected chi connectivity index (χ2v) is 8.14. The van der Waals surface area contributed by atoms with Crippen LogP contribution in [-0.2, 0) is 0 Å². The number of likely N-dealkylation sites (tertiary alicyclic amines) is 1. The Kier molecular flexibility index (Phi) is 6.41. The maximum Gasteiger partial charge on any atom is 0.321 e. The lowest BCUT2D eigenvalue weighted by Crippen LogP contribution is -2.40. The van der Waals surface area contributed by atoms with E-state index >= 15 is 0 Å². The maximum absolute atomic E-state index is 12.7. The Morgan fingerprint density at radius 3 is 2.55 bits per heavy atom. The van der Waals surface area contributed by atoms with Gasteiger partial charge < -0.3 is 24.2 Å². The van der Waals surface area contributed by atoms with E-state index < -0.39 is 0 Å². The number of aromatic nitrogens is 2. The molecular formula is C22H23BrN4O4. The molecule has 1 aliphatic rings. The summed E-state index contributed by atoms with van der Waals surface area (Å²) in [6.45, 7) is 1.20. The average molecular weight is 487 g/mol. The van der Waals surface area contributed by atoms with Gasteiger partial charge in [0.15, 0.2) is 0 Å². The van der Waals surface area contributed by atoms with Crippen molar-refractivity contribution in [3.05, 3.63) is 52.8 Å². The fraction of sp³-hybridized carbons (Fsp3) is 0.318. The van der Waals surface area contributed by atoms with Gasteiger partial charge in [-0.1, -0.05) is 21.1 Å². The van der Waals surface area contributed by atoms with Crippen molar-refractivity contribution in [2.45, 2.75) is 18.8 Å². The van der Waals surface area contributed by atoms with Gasteiger partial charge in [0.2, 0.25) is 11.7 Å². The molecule has 9 heteroatoms. The lowest BCUT2D eigenvalue weighted by molar-refractivity contribution is 0.187. The number of halogens is 1. The molecule has 8 nitrogen and oxygen atoms in total. The highest BCUT2D eigenvalue weighted by molar-refractivity contribution is 9.10. The van der Waals surface area contributed by atoms with E-state index in [4.69, 9.17) is 14.0 Å². The van der Waals surface area contributed by atoms with Crippen LogP contribution in [0.15, 0.2) is 51.5 Å². The fourth-order valence-corrected chi connectivity index (χ4v) is 3.81. The lowest BCUT2D eigenvalue weighted by Gasteiger charge is -2.30. The Bertz CT molecular complexity index is 1050. The molecule has 1 aliphatic heterocycles. The van der Waals surface area contributed by atoms with Crippen molar-refractivity contribution in [3.63, 3.8) is 0 Å². The van der Waals surface area contributed by atoms with Crippen LogP contribution in [0.25, 0.3) is 11.4 Å². The molecule has 2 amide bonds. The van der Waals surface area contributed by atoms with Crippen LogP contribution >= 0.6 is 15.9 Å². The zero-order valence-corrected chi connectivity index (χ0v) is 18.9. The van der Waals surface area contributed by atoms with Crippen LogP contribution in [0, 0.1) is 0 Å². The Morgan fingerprint density at radius 1 is 1.13 bits per heavy atom. The fourth-order valence-electron chi connectivity index (χ4n) is 3.54. The minimum absolute atomic E-state index is 0.135. The van der Waals surface area contributed by atoms with E-state index in [9.17, 15) is 4.79 Å². The van der Waals surface area contributed by atoms with Crippen LogP contribution in [-0.4, -0.2) is 48.4 Å². The Hall–Kier alpha value is -3.07. The maximum atomic E-state index is 12.7. The Balaban J connectivity index is 1.36. The summed E-state index contributed by atoms with van der Waals surface area (Å²) in [4.78, 5) is 19.1. The number of nitrogens with zero attached hydrogens (tertiary/aromatic N) is 3. The molecule has 0 atom stereocenters. The molecule has 2 heterocycles. The zero-order chi connectivity index (χ0) is 21.8. The molecule has 1 aromatic heterocycles. The van der Waals surface area contributed by atoms with Crippen molar-refractivity contribution >= 4 is 27.6 Å². The predicted molar refractivity (Wildman–Crippen MR) is 120 cm³/mol. The van der Waals surface area contributed by atoms with Crippen LogP contribution in [0.2, 0.25) is 0 Å². The predicted octanol–water partition coefficient (Wildman–Crippen LogP) is 4.93. The molecule has 0 spiro atoms. The number of methoxy groups -OCH3 is 2. The molecule has 2 aromatic carbocycles. The van der Waals surface area contributed by atoms with Gasteiger partial charge in [0.05, 0.1) is 19.9 Å². The van der Waals surface area contributed by atoms with Crippen LogP contribution in [0.1, 0.15) is 24.7 Å². The molecule has 1 saturated heterocycles. The first-order valence-corrected chi connectivity index (χ1v) is 10.7. The van der Waals surface area contributed by atoms with Crippen LogP contribution in [0.4, 0.5) is 10.5 Å². The number of benzene rings is 2. The summed E-state index contributed by atoms with van der Waals surface area (Å²) in [7, 11) is 3.14. The minimum atomic E-state index is -0.164. The first-order chi connectivity index (χ1) is 15.1. The van der Waals surface area contributed by atoms with Gasteiger partial charge in [-0.25, -0.2) is 4.79 Å². The summed E-state index contributed by atoms with van der Waals surface area (Å²) in [5, 5.41) is 7.03. The summed E-state index contributed by atoms with van der Waals surface area (Å²) < 4.78 is 17.1. The number of nitrogens with one attached hydrogen (secondary N) is 1. The number of piperidine rings is 1. The number of carbonyl (C=O) groups is 1. The van der Waals surface area contributed by atoms with Crippen molar-refractivity contribution in [3.8, 4) is 22.9 Å². The molecule has 0 unspecified atom stereocenters. The second kappa shape index (κ2) is 9.38. The van der Waals surface area contributed by atoms with Crippen LogP contribution < -0.4 is 14.8 Å². The summed E-state index contributed by atoms with van der Waals surface area (Å²) in [5.74, 6) is 2.55. The number of urea groups is 1. The van der Waals surface area contributed by atoms with E-state index in [1.165, 1.54) is 0 Å². The molecule has 1 fully saturated rings. The third-order valence-electron chi connectivity index (χ3n) is 5.33. The second-order valence-electron chi connectivity index (χ2n) is 7.22. The summed E-state index contributed by atoms with van der Waals surface area (Å²) in [6.07, 6.45) is 1.52. The van der Waals surface area contributed by atoms with Gasteiger partial charge in [-0.2, -0.15) is 4.98 Å². The largest absolute Gasteiger partial charge is 0.497 e. The molecule has 31 heavy (non-hydrogen) atoms. The molecule has 0 bridgehead atoms. The highest BCUT2D eigenvalue weighted by Gasteiger charge is 2.28. The minimum Gasteiger partial charge on any atom is -0.497 e. The summed E-state index contributed by atoms with van der Waals surface area (Å²) >= 11 is 3.42. The van der Waals surface area contributed by atoms with E-state index in [-0.39, 0.29) is 11.9 Å². The van der Waals surface area contributed by atoms with Crippen molar-refractivity contribution in [2.24, 2.45) is 0 Å². The molecular weight excluding hydrogens is 464 g/mol. The van der Waals surface area contributed by atoms with Crippen molar-refractivity contribution in [2.75, 3.05) is 32.6 Å². The summed E-state index contributed by atoms with van der Waals surface area (Å²) in [6, 6.07) is 12.9. The van der Waals surface area contributed by atoms with Gasteiger partial charge in [-0.15, -0.1) is 0 Å². The van der Waals surface area contributed by atoms with Gasteiger partial charge in [0.1, 0.15) is 11.5 Å². The van der Waals surface area contributed by atoms with Gasteiger partial charge in [0, 0.05) is 35.1 Å². The van der Waals surface area contributed by atoms with Crippen molar-refractivity contribution in [1.82, 2.24) is 15.0 Å². The smallest absolute Gasteiger partial charge is 0.321 e. The standard InChI is InChI=1S/C22H23BrN4O4/c1-29-17-7-8-18(19(13-17)30-2)24-22(28)27-11-9-15(10-12-27)21-25-20(26-31-21)14-3-5-16(23)6-4-14/h3-8,13,15H,9-12H2,1-2H3,(H,24,28). The number of carbonyl (C=O) groups excluding carboxylic acids is 1.